The number of carbonyl (C=O) groups excluding carboxylic acids is 1. The molecule has 0 unspecified atom stereocenters. The zero-order chi connectivity index (χ0) is 19.6. The first-order chi connectivity index (χ1) is 13.8. The summed E-state index contributed by atoms with van der Waals surface area (Å²) >= 11 is 0. The highest BCUT2D eigenvalue weighted by Crippen LogP contribution is 2.18. The number of hydrogen-bond donors (Lipinski definition) is 1. The predicted octanol–water partition coefficient (Wildman–Crippen LogP) is 5.72. The first kappa shape index (κ1) is 20.1. The van der Waals surface area contributed by atoms with Crippen LogP contribution in [0.5, 0.6) is 0 Å². The molecule has 0 saturated heterocycles. The van der Waals surface area contributed by atoms with E-state index in [0.717, 1.165) is 29.8 Å². The molecule has 0 fully saturated rings. The van der Waals surface area contributed by atoms with E-state index < -0.39 is 0 Å². The van der Waals surface area contributed by atoms with Gasteiger partial charge in [-0.1, -0.05) is 75.8 Å². The van der Waals surface area contributed by atoms with E-state index in [4.69, 9.17) is 4.98 Å². The predicted molar refractivity (Wildman–Crippen MR) is 115 cm³/mol. The fourth-order valence-electron chi connectivity index (χ4n) is 3.59. The molecule has 0 aliphatic carbocycles. The van der Waals surface area contributed by atoms with Gasteiger partial charge in [-0.05, 0) is 30.7 Å². The number of amides is 1. The molecular weight excluding hydrogens is 346 g/mol. The second-order valence-corrected chi connectivity index (χ2v) is 7.34. The van der Waals surface area contributed by atoms with Crippen LogP contribution in [0, 0.1) is 0 Å². The van der Waals surface area contributed by atoms with Gasteiger partial charge in [0, 0.05) is 12.1 Å². The summed E-state index contributed by atoms with van der Waals surface area (Å²) in [6.45, 7) is 3.64. The molecule has 3 aromatic rings. The van der Waals surface area contributed by atoms with Gasteiger partial charge in [0.1, 0.15) is 5.82 Å². The Bertz CT molecular complexity index is 870. The average Bonchev–Trinajstić information content (AvgIpc) is 3.09. The number of para-hydroxylation sites is 2. The van der Waals surface area contributed by atoms with Crippen molar-refractivity contribution in [3.05, 3.63) is 66.0 Å². The van der Waals surface area contributed by atoms with Crippen LogP contribution in [0.2, 0.25) is 0 Å². The summed E-state index contributed by atoms with van der Waals surface area (Å²) in [7, 11) is 0. The normalized spacial score (nSPS) is 11.0. The minimum atomic E-state index is -0.0601. The fraction of sp³-hybridized carbons (Fsp3) is 0.417. The molecule has 1 aromatic heterocycles. The lowest BCUT2D eigenvalue weighted by atomic mass is 10.1. The third kappa shape index (κ3) is 5.44. The Hall–Kier alpha value is -2.62. The van der Waals surface area contributed by atoms with E-state index >= 15 is 0 Å². The van der Waals surface area contributed by atoms with Crippen molar-refractivity contribution in [2.24, 2.45) is 0 Å². The minimum Gasteiger partial charge on any atom is -0.345 e. The molecule has 4 heteroatoms. The molecule has 0 aliphatic heterocycles. The van der Waals surface area contributed by atoms with Crippen LogP contribution in [0.1, 0.15) is 68.1 Å². The summed E-state index contributed by atoms with van der Waals surface area (Å²) in [5.41, 5.74) is 2.82. The SMILES string of the molecule is CCCCCCCCCn1c(CNC(=O)c2ccccc2)nc2ccccc21. The van der Waals surface area contributed by atoms with Crippen molar-refractivity contribution < 1.29 is 4.79 Å². The molecule has 1 heterocycles. The standard InChI is InChI=1S/C24H31N3O/c1-2-3-4-5-6-7-13-18-27-22-17-12-11-16-21(22)26-23(27)19-25-24(28)20-14-9-8-10-15-20/h8-12,14-17H,2-7,13,18-19H2,1H3,(H,25,28). The van der Waals surface area contributed by atoms with Crippen LogP contribution in [0.15, 0.2) is 54.6 Å². The highest BCUT2D eigenvalue weighted by Gasteiger charge is 2.12. The number of aryl methyl sites for hydroxylation is 1. The van der Waals surface area contributed by atoms with Gasteiger partial charge in [0.25, 0.3) is 5.91 Å². The molecule has 0 spiro atoms. The molecule has 0 radical (unpaired) electrons. The molecule has 0 atom stereocenters. The molecule has 3 rings (SSSR count). The number of fused-ring (bicyclic) bond motifs is 1. The highest BCUT2D eigenvalue weighted by atomic mass is 16.1. The van der Waals surface area contributed by atoms with Crippen molar-refractivity contribution in [1.82, 2.24) is 14.9 Å². The van der Waals surface area contributed by atoms with Crippen LogP contribution in [0.3, 0.4) is 0 Å². The van der Waals surface area contributed by atoms with E-state index in [1.54, 1.807) is 0 Å². The van der Waals surface area contributed by atoms with Crippen molar-refractivity contribution in [3.63, 3.8) is 0 Å². The van der Waals surface area contributed by atoms with Gasteiger partial charge < -0.3 is 9.88 Å². The number of hydrogen-bond acceptors (Lipinski definition) is 2. The Morgan fingerprint density at radius 3 is 2.36 bits per heavy atom. The maximum absolute atomic E-state index is 12.4. The van der Waals surface area contributed by atoms with E-state index in [9.17, 15) is 4.79 Å². The van der Waals surface area contributed by atoms with Gasteiger partial charge in [0.15, 0.2) is 0 Å². The first-order valence-electron chi connectivity index (χ1n) is 10.6. The first-order valence-corrected chi connectivity index (χ1v) is 10.6. The third-order valence-electron chi connectivity index (χ3n) is 5.16. The van der Waals surface area contributed by atoms with E-state index in [1.807, 2.05) is 42.5 Å². The average molecular weight is 378 g/mol. The van der Waals surface area contributed by atoms with Crippen LogP contribution in [-0.4, -0.2) is 15.5 Å². The Kier molecular flexibility index (Phi) is 7.65. The molecule has 0 saturated carbocycles. The molecule has 4 nitrogen and oxygen atoms in total. The molecule has 0 bridgehead atoms. The number of aromatic nitrogens is 2. The van der Waals surface area contributed by atoms with E-state index in [0.29, 0.717) is 12.1 Å². The van der Waals surface area contributed by atoms with Gasteiger partial charge >= 0.3 is 0 Å². The van der Waals surface area contributed by atoms with Crippen LogP contribution in [0.4, 0.5) is 0 Å². The van der Waals surface area contributed by atoms with Gasteiger partial charge in [-0.3, -0.25) is 4.79 Å². The molecule has 0 aliphatic rings. The van der Waals surface area contributed by atoms with Gasteiger partial charge in [0.2, 0.25) is 0 Å². The molecular formula is C24H31N3O. The van der Waals surface area contributed by atoms with Crippen molar-refractivity contribution in [1.29, 1.82) is 0 Å². The number of imidazole rings is 1. The number of nitrogens with zero attached hydrogens (tertiary/aromatic N) is 2. The lowest BCUT2D eigenvalue weighted by Gasteiger charge is -2.10. The topological polar surface area (TPSA) is 46.9 Å². The number of unbranched alkanes of at least 4 members (excludes halogenated alkanes) is 6. The molecule has 28 heavy (non-hydrogen) atoms. The smallest absolute Gasteiger partial charge is 0.251 e. The quantitative estimate of drug-likeness (QED) is 0.435. The zero-order valence-electron chi connectivity index (χ0n) is 16.9. The summed E-state index contributed by atoms with van der Waals surface area (Å²) < 4.78 is 2.27. The van der Waals surface area contributed by atoms with Crippen LogP contribution < -0.4 is 5.32 Å². The van der Waals surface area contributed by atoms with Crippen molar-refractivity contribution in [2.45, 2.75) is 65.0 Å². The van der Waals surface area contributed by atoms with Crippen molar-refractivity contribution in [2.75, 3.05) is 0 Å². The lowest BCUT2D eigenvalue weighted by Crippen LogP contribution is -2.24. The summed E-state index contributed by atoms with van der Waals surface area (Å²) in [6.07, 6.45) is 9.00. The monoisotopic (exact) mass is 377 g/mol. The number of carbonyl (C=O) groups is 1. The van der Waals surface area contributed by atoms with Gasteiger partial charge in [-0.25, -0.2) is 4.98 Å². The third-order valence-corrected chi connectivity index (χ3v) is 5.16. The van der Waals surface area contributed by atoms with Crippen molar-refractivity contribution in [3.8, 4) is 0 Å². The maximum atomic E-state index is 12.4. The summed E-state index contributed by atoms with van der Waals surface area (Å²) in [6, 6.07) is 17.6. The second kappa shape index (κ2) is 10.6. The van der Waals surface area contributed by atoms with E-state index in [2.05, 4.69) is 28.9 Å². The van der Waals surface area contributed by atoms with Crippen LogP contribution >= 0.6 is 0 Å². The molecule has 2 aromatic carbocycles. The lowest BCUT2D eigenvalue weighted by molar-refractivity contribution is 0.0949. The van der Waals surface area contributed by atoms with E-state index in [-0.39, 0.29) is 5.91 Å². The molecule has 1 N–H and O–H groups in total. The second-order valence-electron chi connectivity index (χ2n) is 7.34. The van der Waals surface area contributed by atoms with Crippen LogP contribution in [-0.2, 0) is 13.1 Å². The summed E-state index contributed by atoms with van der Waals surface area (Å²) in [4.78, 5) is 17.1. The fourth-order valence-corrected chi connectivity index (χ4v) is 3.59. The summed E-state index contributed by atoms with van der Waals surface area (Å²) in [5, 5.41) is 3.02. The number of nitrogens with one attached hydrogen (secondary N) is 1. The zero-order valence-corrected chi connectivity index (χ0v) is 16.9. The Morgan fingerprint density at radius 2 is 1.57 bits per heavy atom. The summed E-state index contributed by atoms with van der Waals surface area (Å²) in [5.74, 6) is 0.867. The highest BCUT2D eigenvalue weighted by molar-refractivity contribution is 5.94. The minimum absolute atomic E-state index is 0.0601. The van der Waals surface area contributed by atoms with Gasteiger partial charge in [0.05, 0.1) is 17.6 Å². The van der Waals surface area contributed by atoms with E-state index in [1.165, 1.54) is 38.5 Å². The van der Waals surface area contributed by atoms with Crippen molar-refractivity contribution >= 4 is 16.9 Å². The van der Waals surface area contributed by atoms with Crippen LogP contribution in [0.25, 0.3) is 11.0 Å². The maximum Gasteiger partial charge on any atom is 0.251 e. The van der Waals surface area contributed by atoms with Gasteiger partial charge in [-0.2, -0.15) is 0 Å². The Morgan fingerprint density at radius 1 is 0.893 bits per heavy atom. The Labute approximate surface area is 168 Å². The Balaban J connectivity index is 1.61. The van der Waals surface area contributed by atoms with Gasteiger partial charge in [-0.15, -0.1) is 0 Å². The molecule has 148 valence electrons. The molecule has 1 amide bonds. The largest absolute Gasteiger partial charge is 0.345 e. The number of rotatable bonds is 11. The number of benzene rings is 2.